The summed E-state index contributed by atoms with van der Waals surface area (Å²) in [5.74, 6) is 0.426. The number of hydrogen-bond donors (Lipinski definition) is 0. The number of aromatic nitrogens is 2. The van der Waals surface area contributed by atoms with Crippen molar-refractivity contribution in [1.29, 1.82) is 0 Å². The van der Waals surface area contributed by atoms with Crippen LogP contribution in [-0.4, -0.2) is 35.6 Å². The molecule has 5 heteroatoms. The highest BCUT2D eigenvalue weighted by Crippen LogP contribution is 2.22. The molecule has 2 rings (SSSR count). The normalized spacial score (nSPS) is 20.1. The van der Waals surface area contributed by atoms with E-state index in [0.29, 0.717) is 5.95 Å². The molecule has 1 unspecified atom stereocenters. The monoisotopic (exact) mass is 235 g/mol. The number of piperidine rings is 1. The van der Waals surface area contributed by atoms with Gasteiger partial charge in [-0.2, -0.15) is 0 Å². The predicted octanol–water partition coefficient (Wildman–Crippen LogP) is 1.32. The average molecular weight is 235 g/mol. The first kappa shape index (κ1) is 11.8. The summed E-state index contributed by atoms with van der Waals surface area (Å²) in [6.45, 7) is 2.73. The third kappa shape index (κ3) is 2.54. The van der Waals surface area contributed by atoms with Crippen molar-refractivity contribution in [3.63, 3.8) is 0 Å². The Morgan fingerprint density at radius 3 is 3.06 bits per heavy atom. The molecule has 0 aromatic carbocycles. The van der Waals surface area contributed by atoms with Crippen LogP contribution in [0.25, 0.3) is 0 Å². The molecule has 17 heavy (non-hydrogen) atoms. The lowest BCUT2D eigenvalue weighted by Gasteiger charge is -2.33. The maximum absolute atomic E-state index is 11.7. The number of ether oxygens (including phenoxy) is 1. The summed E-state index contributed by atoms with van der Waals surface area (Å²) >= 11 is 0. The highest BCUT2D eigenvalue weighted by Gasteiger charge is 2.31. The zero-order valence-corrected chi connectivity index (χ0v) is 10.2. The van der Waals surface area contributed by atoms with Gasteiger partial charge in [-0.1, -0.05) is 0 Å². The van der Waals surface area contributed by atoms with Gasteiger partial charge in [0, 0.05) is 18.4 Å². The fourth-order valence-corrected chi connectivity index (χ4v) is 2.13. The Morgan fingerprint density at radius 2 is 2.35 bits per heavy atom. The second kappa shape index (κ2) is 5.12. The smallest absolute Gasteiger partial charge is 0.328 e. The van der Waals surface area contributed by atoms with Crippen LogP contribution in [0.4, 0.5) is 5.95 Å². The van der Waals surface area contributed by atoms with Gasteiger partial charge in [-0.25, -0.2) is 14.8 Å². The van der Waals surface area contributed by atoms with Crippen molar-refractivity contribution >= 4 is 11.9 Å². The van der Waals surface area contributed by atoms with Crippen LogP contribution in [0.1, 0.15) is 25.0 Å². The van der Waals surface area contributed by atoms with Crippen LogP contribution >= 0.6 is 0 Å². The summed E-state index contributed by atoms with van der Waals surface area (Å²) in [4.78, 5) is 22.3. The maximum Gasteiger partial charge on any atom is 0.328 e. The Kier molecular flexibility index (Phi) is 3.56. The first-order chi connectivity index (χ1) is 8.22. The van der Waals surface area contributed by atoms with E-state index in [9.17, 15) is 4.79 Å². The summed E-state index contributed by atoms with van der Waals surface area (Å²) in [6.07, 6.45) is 4.64. The van der Waals surface area contributed by atoms with Crippen molar-refractivity contribution in [2.75, 3.05) is 18.6 Å². The van der Waals surface area contributed by atoms with Gasteiger partial charge in [0.25, 0.3) is 0 Å². The first-order valence-electron chi connectivity index (χ1n) is 5.86. The van der Waals surface area contributed by atoms with E-state index in [1.807, 2.05) is 17.9 Å². The molecule has 2 heterocycles. The summed E-state index contributed by atoms with van der Waals surface area (Å²) in [6, 6.07) is 1.61. The van der Waals surface area contributed by atoms with Crippen LogP contribution < -0.4 is 4.90 Å². The summed E-state index contributed by atoms with van der Waals surface area (Å²) in [5, 5.41) is 0. The number of methoxy groups -OCH3 is 1. The standard InChI is InChI=1S/C12H17N3O2/c1-9-6-7-13-12(14-9)15-8-4-3-5-10(15)11(16)17-2/h6-7,10H,3-5,8H2,1-2H3. The van der Waals surface area contributed by atoms with Crippen LogP contribution in [0.15, 0.2) is 12.3 Å². The van der Waals surface area contributed by atoms with E-state index in [-0.39, 0.29) is 12.0 Å². The number of hydrogen-bond acceptors (Lipinski definition) is 5. The molecule has 0 aliphatic carbocycles. The summed E-state index contributed by atoms with van der Waals surface area (Å²) < 4.78 is 4.84. The number of carbonyl (C=O) groups excluding carboxylic acids is 1. The minimum absolute atomic E-state index is 0.199. The lowest BCUT2D eigenvalue weighted by atomic mass is 10.0. The Bertz CT molecular complexity index is 408. The summed E-state index contributed by atoms with van der Waals surface area (Å²) in [5.41, 5.74) is 0.907. The second-order valence-corrected chi connectivity index (χ2v) is 4.23. The highest BCUT2D eigenvalue weighted by atomic mass is 16.5. The molecule has 92 valence electrons. The van der Waals surface area contributed by atoms with Crippen molar-refractivity contribution in [3.8, 4) is 0 Å². The van der Waals surface area contributed by atoms with Crippen molar-refractivity contribution in [1.82, 2.24) is 9.97 Å². The molecule has 0 amide bonds. The molecular weight excluding hydrogens is 218 g/mol. The number of nitrogens with zero attached hydrogens (tertiary/aromatic N) is 3. The molecule has 1 saturated heterocycles. The number of aryl methyl sites for hydroxylation is 1. The molecule has 5 nitrogen and oxygen atoms in total. The van der Waals surface area contributed by atoms with Crippen LogP contribution in [0, 0.1) is 6.92 Å². The molecule has 1 aromatic heterocycles. The zero-order chi connectivity index (χ0) is 12.3. The maximum atomic E-state index is 11.7. The van der Waals surface area contributed by atoms with Crippen LogP contribution in [-0.2, 0) is 9.53 Å². The largest absolute Gasteiger partial charge is 0.467 e. The molecule has 0 spiro atoms. The van der Waals surface area contributed by atoms with Crippen molar-refractivity contribution in [3.05, 3.63) is 18.0 Å². The molecule has 0 radical (unpaired) electrons. The molecule has 1 aromatic rings. The average Bonchev–Trinajstić information content (AvgIpc) is 2.38. The number of rotatable bonds is 2. The lowest BCUT2D eigenvalue weighted by Crippen LogP contribution is -2.46. The third-order valence-electron chi connectivity index (χ3n) is 3.02. The Hall–Kier alpha value is -1.65. The zero-order valence-electron chi connectivity index (χ0n) is 10.2. The molecule has 1 fully saturated rings. The van der Waals surface area contributed by atoms with Gasteiger partial charge in [0.05, 0.1) is 7.11 Å². The van der Waals surface area contributed by atoms with E-state index in [0.717, 1.165) is 31.5 Å². The van der Waals surface area contributed by atoms with Gasteiger partial charge in [-0.15, -0.1) is 0 Å². The Labute approximate surface area is 101 Å². The van der Waals surface area contributed by atoms with Crippen molar-refractivity contribution < 1.29 is 9.53 Å². The molecular formula is C12H17N3O2. The highest BCUT2D eigenvalue weighted by molar-refractivity contribution is 5.79. The second-order valence-electron chi connectivity index (χ2n) is 4.23. The van der Waals surface area contributed by atoms with Crippen LogP contribution in [0.5, 0.6) is 0 Å². The number of esters is 1. The lowest BCUT2D eigenvalue weighted by molar-refractivity contribution is -0.142. The molecule has 1 aliphatic heterocycles. The first-order valence-corrected chi connectivity index (χ1v) is 5.86. The quantitative estimate of drug-likeness (QED) is 0.723. The van der Waals surface area contributed by atoms with E-state index in [1.165, 1.54) is 7.11 Å². The van der Waals surface area contributed by atoms with E-state index in [4.69, 9.17) is 4.74 Å². The Morgan fingerprint density at radius 1 is 1.53 bits per heavy atom. The molecule has 0 N–H and O–H groups in total. The van der Waals surface area contributed by atoms with Gasteiger partial charge in [0.1, 0.15) is 6.04 Å². The number of carbonyl (C=O) groups is 1. The van der Waals surface area contributed by atoms with Gasteiger partial charge in [-0.3, -0.25) is 0 Å². The van der Waals surface area contributed by atoms with Crippen molar-refractivity contribution in [2.45, 2.75) is 32.2 Å². The van der Waals surface area contributed by atoms with Gasteiger partial charge in [0.2, 0.25) is 5.95 Å². The van der Waals surface area contributed by atoms with Crippen LogP contribution in [0.3, 0.4) is 0 Å². The third-order valence-corrected chi connectivity index (χ3v) is 3.02. The van der Waals surface area contributed by atoms with E-state index in [2.05, 4.69) is 9.97 Å². The molecule has 0 saturated carbocycles. The van der Waals surface area contributed by atoms with Gasteiger partial charge >= 0.3 is 5.97 Å². The molecule has 1 atom stereocenters. The van der Waals surface area contributed by atoms with Crippen molar-refractivity contribution in [2.24, 2.45) is 0 Å². The van der Waals surface area contributed by atoms with Gasteiger partial charge < -0.3 is 9.64 Å². The van der Waals surface area contributed by atoms with E-state index < -0.39 is 0 Å². The van der Waals surface area contributed by atoms with E-state index in [1.54, 1.807) is 6.20 Å². The van der Waals surface area contributed by atoms with E-state index >= 15 is 0 Å². The van der Waals surface area contributed by atoms with Gasteiger partial charge in [-0.05, 0) is 32.3 Å². The summed E-state index contributed by atoms with van der Waals surface area (Å²) in [7, 11) is 1.42. The molecule has 1 aliphatic rings. The SMILES string of the molecule is COC(=O)C1CCCCN1c1nccc(C)n1. The minimum atomic E-state index is -0.240. The predicted molar refractivity (Wildman–Crippen MR) is 63.8 cm³/mol. The fraction of sp³-hybridized carbons (Fsp3) is 0.583. The number of anilines is 1. The Balaban J connectivity index is 2.24. The minimum Gasteiger partial charge on any atom is -0.467 e. The fourth-order valence-electron chi connectivity index (χ4n) is 2.13. The topological polar surface area (TPSA) is 55.3 Å². The van der Waals surface area contributed by atoms with Gasteiger partial charge in [0.15, 0.2) is 0 Å². The molecule has 0 bridgehead atoms. The van der Waals surface area contributed by atoms with Crippen LogP contribution in [0.2, 0.25) is 0 Å².